The van der Waals surface area contributed by atoms with Crippen molar-refractivity contribution >= 4 is 17.5 Å². The lowest BCUT2D eigenvalue weighted by molar-refractivity contribution is -0.136. The quantitative estimate of drug-likeness (QED) is 0.870. The second kappa shape index (κ2) is 7.64. The van der Waals surface area contributed by atoms with Gasteiger partial charge in [-0.15, -0.1) is 0 Å². The molecule has 6 heteroatoms. The Morgan fingerprint density at radius 2 is 2.19 bits per heavy atom. The topological polar surface area (TPSA) is 61.8 Å². The maximum absolute atomic E-state index is 11.7. The second-order valence-corrected chi connectivity index (χ2v) is 5.61. The summed E-state index contributed by atoms with van der Waals surface area (Å²) in [6, 6.07) is 5.45. The molecule has 5 nitrogen and oxygen atoms in total. The highest BCUT2D eigenvalue weighted by molar-refractivity contribution is 6.31. The summed E-state index contributed by atoms with van der Waals surface area (Å²) in [5, 5.41) is 13.8. The molecule has 116 valence electrons. The largest absolute Gasteiger partial charge is 0.508 e. The first-order valence-electron chi connectivity index (χ1n) is 7.08. The van der Waals surface area contributed by atoms with Crippen LogP contribution in [0.15, 0.2) is 18.2 Å². The molecule has 0 bridgehead atoms. The monoisotopic (exact) mass is 312 g/mol. The van der Waals surface area contributed by atoms with Crippen molar-refractivity contribution < 1.29 is 14.6 Å². The van der Waals surface area contributed by atoms with E-state index in [0.717, 1.165) is 31.5 Å². The number of ether oxygens (including phenoxy) is 1. The molecule has 2 N–H and O–H groups in total. The standard InChI is InChI=1S/C15H21ClN2O3/c1-21-10-15(20)18-7-5-11(6-8-18)17-9-12-13(16)3-2-4-14(12)19/h2-4,11,17,19H,5-10H2,1H3. The third-order valence-corrected chi connectivity index (χ3v) is 4.13. The number of piperidine rings is 1. The van der Waals surface area contributed by atoms with Crippen molar-refractivity contribution in [2.24, 2.45) is 0 Å². The number of carbonyl (C=O) groups excluding carboxylic acids is 1. The van der Waals surface area contributed by atoms with E-state index in [1.807, 2.05) is 4.90 Å². The maximum Gasteiger partial charge on any atom is 0.248 e. The molecule has 2 rings (SSSR count). The number of phenols is 1. The van der Waals surface area contributed by atoms with Crippen molar-refractivity contribution in [2.45, 2.75) is 25.4 Å². The second-order valence-electron chi connectivity index (χ2n) is 5.21. The number of rotatable bonds is 5. The molecule has 0 radical (unpaired) electrons. The average Bonchev–Trinajstić information content (AvgIpc) is 2.47. The van der Waals surface area contributed by atoms with Gasteiger partial charge in [-0.05, 0) is 25.0 Å². The molecule has 0 spiro atoms. The fourth-order valence-corrected chi connectivity index (χ4v) is 2.75. The molecule has 0 saturated carbocycles. The van der Waals surface area contributed by atoms with Crippen LogP contribution in [0.25, 0.3) is 0 Å². The first kappa shape index (κ1) is 16.1. The van der Waals surface area contributed by atoms with Crippen LogP contribution in [0.3, 0.4) is 0 Å². The predicted octanol–water partition coefficient (Wildman–Crippen LogP) is 1.77. The van der Waals surface area contributed by atoms with Crippen molar-refractivity contribution in [3.05, 3.63) is 28.8 Å². The Morgan fingerprint density at radius 1 is 1.48 bits per heavy atom. The normalized spacial score (nSPS) is 16.2. The van der Waals surface area contributed by atoms with Gasteiger partial charge in [-0.3, -0.25) is 4.79 Å². The summed E-state index contributed by atoms with van der Waals surface area (Å²) in [4.78, 5) is 13.5. The lowest BCUT2D eigenvalue weighted by atomic mass is 10.0. The van der Waals surface area contributed by atoms with Gasteiger partial charge in [-0.25, -0.2) is 0 Å². The van der Waals surface area contributed by atoms with Gasteiger partial charge in [0.1, 0.15) is 12.4 Å². The van der Waals surface area contributed by atoms with E-state index in [2.05, 4.69) is 5.32 Å². The van der Waals surface area contributed by atoms with Gasteiger partial charge in [0.05, 0.1) is 0 Å². The molecule has 1 aliphatic rings. The van der Waals surface area contributed by atoms with Crippen LogP contribution in [-0.4, -0.2) is 48.8 Å². The Hall–Kier alpha value is -1.30. The minimum atomic E-state index is 0.0414. The zero-order chi connectivity index (χ0) is 15.2. The van der Waals surface area contributed by atoms with Crippen LogP contribution in [0.5, 0.6) is 5.75 Å². The Bertz CT molecular complexity index is 468. The van der Waals surface area contributed by atoms with Crippen LogP contribution >= 0.6 is 11.6 Å². The van der Waals surface area contributed by atoms with E-state index in [1.165, 1.54) is 7.11 Å². The lowest BCUT2D eigenvalue weighted by Crippen LogP contribution is -2.45. The highest BCUT2D eigenvalue weighted by Gasteiger charge is 2.22. The van der Waals surface area contributed by atoms with E-state index >= 15 is 0 Å². The first-order chi connectivity index (χ1) is 10.1. The summed E-state index contributed by atoms with van der Waals surface area (Å²) in [6.07, 6.45) is 1.78. The smallest absolute Gasteiger partial charge is 0.248 e. The number of carbonyl (C=O) groups is 1. The molecule has 0 atom stereocenters. The molecular formula is C15H21ClN2O3. The number of aromatic hydroxyl groups is 1. The summed E-state index contributed by atoms with van der Waals surface area (Å²) in [5.41, 5.74) is 0.719. The third kappa shape index (κ3) is 4.33. The number of hydrogen-bond donors (Lipinski definition) is 2. The third-order valence-electron chi connectivity index (χ3n) is 3.78. The molecule has 1 aromatic rings. The van der Waals surface area contributed by atoms with E-state index < -0.39 is 0 Å². The molecule has 0 unspecified atom stereocenters. The van der Waals surface area contributed by atoms with Crippen molar-refractivity contribution in [1.29, 1.82) is 0 Å². The summed E-state index contributed by atoms with van der Waals surface area (Å²) in [5.74, 6) is 0.252. The van der Waals surface area contributed by atoms with Gasteiger partial charge < -0.3 is 20.1 Å². The number of halogens is 1. The average molecular weight is 313 g/mol. The van der Waals surface area contributed by atoms with Gasteiger partial charge in [-0.1, -0.05) is 17.7 Å². The minimum Gasteiger partial charge on any atom is -0.508 e. The van der Waals surface area contributed by atoms with Crippen LogP contribution in [-0.2, 0) is 16.1 Å². The number of nitrogens with one attached hydrogen (secondary N) is 1. The van der Waals surface area contributed by atoms with Gasteiger partial charge in [0.2, 0.25) is 5.91 Å². The summed E-state index contributed by atoms with van der Waals surface area (Å²) in [7, 11) is 1.53. The molecule has 0 aliphatic carbocycles. The lowest BCUT2D eigenvalue weighted by Gasteiger charge is -2.32. The van der Waals surface area contributed by atoms with Gasteiger partial charge in [0.25, 0.3) is 0 Å². The van der Waals surface area contributed by atoms with Gasteiger partial charge >= 0.3 is 0 Å². The van der Waals surface area contributed by atoms with Crippen molar-refractivity contribution in [1.82, 2.24) is 10.2 Å². The Balaban J connectivity index is 1.80. The van der Waals surface area contributed by atoms with E-state index in [-0.39, 0.29) is 18.3 Å². The van der Waals surface area contributed by atoms with Gasteiger partial charge in [0, 0.05) is 43.4 Å². The fraction of sp³-hybridized carbons (Fsp3) is 0.533. The summed E-state index contributed by atoms with van der Waals surface area (Å²) in [6.45, 7) is 2.14. The zero-order valence-electron chi connectivity index (χ0n) is 12.1. The molecule has 1 amide bonds. The van der Waals surface area contributed by atoms with Crippen LogP contribution in [0.4, 0.5) is 0 Å². The van der Waals surface area contributed by atoms with E-state index in [4.69, 9.17) is 16.3 Å². The number of benzene rings is 1. The van der Waals surface area contributed by atoms with Crippen LogP contribution in [0.2, 0.25) is 5.02 Å². The van der Waals surface area contributed by atoms with Crippen LogP contribution < -0.4 is 5.32 Å². The molecule has 21 heavy (non-hydrogen) atoms. The highest BCUT2D eigenvalue weighted by atomic mass is 35.5. The minimum absolute atomic E-state index is 0.0414. The Kier molecular flexibility index (Phi) is 5.85. The van der Waals surface area contributed by atoms with Crippen molar-refractivity contribution in [3.8, 4) is 5.75 Å². The van der Waals surface area contributed by atoms with Gasteiger partial charge in [-0.2, -0.15) is 0 Å². The van der Waals surface area contributed by atoms with E-state index in [0.29, 0.717) is 17.6 Å². The summed E-state index contributed by atoms with van der Waals surface area (Å²) >= 11 is 6.08. The number of phenolic OH excluding ortho intramolecular Hbond substituents is 1. The number of likely N-dealkylation sites (tertiary alicyclic amines) is 1. The number of nitrogens with zero attached hydrogens (tertiary/aromatic N) is 1. The maximum atomic E-state index is 11.7. The molecule has 1 aromatic carbocycles. The predicted molar refractivity (Wildman–Crippen MR) is 81.4 cm³/mol. The number of methoxy groups -OCH3 is 1. The Labute approximate surface area is 129 Å². The van der Waals surface area contributed by atoms with Crippen molar-refractivity contribution in [3.63, 3.8) is 0 Å². The molecule has 1 heterocycles. The zero-order valence-corrected chi connectivity index (χ0v) is 12.9. The van der Waals surface area contributed by atoms with Crippen LogP contribution in [0, 0.1) is 0 Å². The SMILES string of the molecule is COCC(=O)N1CCC(NCc2c(O)cccc2Cl)CC1. The molecule has 1 saturated heterocycles. The molecule has 1 fully saturated rings. The summed E-state index contributed by atoms with van der Waals surface area (Å²) < 4.78 is 4.87. The first-order valence-corrected chi connectivity index (χ1v) is 7.46. The Morgan fingerprint density at radius 3 is 2.81 bits per heavy atom. The number of amides is 1. The highest BCUT2D eigenvalue weighted by Crippen LogP contribution is 2.25. The van der Waals surface area contributed by atoms with E-state index in [1.54, 1.807) is 18.2 Å². The number of hydrogen-bond acceptors (Lipinski definition) is 4. The molecule has 1 aliphatic heterocycles. The molecule has 0 aromatic heterocycles. The van der Waals surface area contributed by atoms with Crippen molar-refractivity contribution in [2.75, 3.05) is 26.8 Å². The van der Waals surface area contributed by atoms with E-state index in [9.17, 15) is 9.90 Å². The van der Waals surface area contributed by atoms with Crippen LogP contribution in [0.1, 0.15) is 18.4 Å². The molecular weight excluding hydrogens is 292 g/mol. The van der Waals surface area contributed by atoms with Gasteiger partial charge in [0.15, 0.2) is 0 Å². The fourth-order valence-electron chi connectivity index (χ4n) is 2.52.